The zero-order valence-corrected chi connectivity index (χ0v) is 9.50. The Kier molecular flexibility index (Phi) is 3.02. The van der Waals surface area contributed by atoms with Crippen LogP contribution >= 0.6 is 11.8 Å². The monoisotopic (exact) mass is 234 g/mol. The number of hydrogen-bond donors (Lipinski definition) is 1. The van der Waals surface area contributed by atoms with E-state index in [-0.39, 0.29) is 6.61 Å². The number of rotatable bonds is 1. The fourth-order valence-electron chi connectivity index (χ4n) is 1.36. The lowest BCUT2D eigenvalue weighted by Crippen LogP contribution is -2.19. The number of ether oxygens (including phenoxy) is 2. The van der Waals surface area contributed by atoms with Crippen molar-refractivity contribution in [2.24, 2.45) is 0 Å². The summed E-state index contributed by atoms with van der Waals surface area (Å²) in [5.41, 5.74) is 0.294. The van der Waals surface area contributed by atoms with E-state index in [2.05, 4.69) is 6.07 Å². The van der Waals surface area contributed by atoms with Gasteiger partial charge < -0.3 is 14.9 Å². The van der Waals surface area contributed by atoms with E-state index in [0.29, 0.717) is 11.5 Å². The predicted octanol–water partition coefficient (Wildman–Crippen LogP) is 2.09. The van der Waals surface area contributed by atoms with Crippen LogP contribution in [0.25, 0.3) is 0 Å². The molecule has 1 aliphatic rings. The Morgan fingerprint density at radius 1 is 1.62 bits per heavy atom. The van der Waals surface area contributed by atoms with Crippen LogP contribution in [0.1, 0.15) is 0 Å². The van der Waals surface area contributed by atoms with E-state index in [0.717, 1.165) is 10.6 Å². The minimum Gasteiger partial charge on any atom is -0.497 e. The van der Waals surface area contributed by atoms with Gasteiger partial charge in [0.2, 0.25) is 0 Å². The van der Waals surface area contributed by atoms with E-state index in [1.807, 2.05) is 6.07 Å². The minimum atomic E-state index is -0.478. The molecule has 0 bridgehead atoms. The molecule has 4 nitrogen and oxygen atoms in total. The minimum absolute atomic E-state index is 0.171. The molecule has 1 unspecified atom stereocenters. The number of fused-ring (bicyclic) bond motifs is 1. The Bertz CT molecular complexity index is 468. The van der Waals surface area contributed by atoms with Crippen LogP contribution in [-0.2, 0) is 0 Å². The van der Waals surface area contributed by atoms with Crippen molar-refractivity contribution in [3.05, 3.63) is 18.2 Å². The number of nitriles is 1. The predicted molar refractivity (Wildman–Crippen MR) is 61.5 cm³/mol. The quantitative estimate of drug-likeness (QED) is 0.808. The molecule has 0 aliphatic carbocycles. The van der Waals surface area contributed by atoms with Crippen molar-refractivity contribution in [3.63, 3.8) is 0 Å². The summed E-state index contributed by atoms with van der Waals surface area (Å²) >= 11 is 1.32. The summed E-state index contributed by atoms with van der Waals surface area (Å²) in [6.07, 6.45) is 0. The first-order valence-electron chi connectivity index (χ1n) is 4.69. The molecule has 5 heteroatoms. The first-order chi connectivity index (χ1) is 7.74. The first-order valence-corrected chi connectivity index (χ1v) is 5.57. The van der Waals surface area contributed by atoms with E-state index in [9.17, 15) is 0 Å². The summed E-state index contributed by atoms with van der Waals surface area (Å²) in [6.45, 7) is 0.171. The normalized spacial score (nSPS) is 19.0. The van der Waals surface area contributed by atoms with Crippen LogP contribution in [0.4, 0.5) is 0 Å². The Morgan fingerprint density at radius 3 is 3.12 bits per heavy atom. The van der Waals surface area contributed by atoms with Gasteiger partial charge in [-0.1, -0.05) is 11.8 Å². The Morgan fingerprint density at radius 2 is 2.44 bits per heavy atom. The van der Waals surface area contributed by atoms with Crippen molar-refractivity contribution >= 4 is 17.5 Å². The van der Waals surface area contributed by atoms with Gasteiger partial charge in [0.25, 0.3) is 0 Å². The van der Waals surface area contributed by atoms with Crippen molar-refractivity contribution in [1.29, 1.82) is 10.7 Å². The van der Waals surface area contributed by atoms with Crippen LogP contribution in [0.5, 0.6) is 11.5 Å². The lowest BCUT2D eigenvalue weighted by molar-refractivity contribution is 0.364. The number of thioether (sulfide) groups is 1. The Balaban J connectivity index is 2.37. The molecular weight excluding hydrogens is 224 g/mol. The average Bonchev–Trinajstić information content (AvgIpc) is 2.48. The SMILES string of the molecule is COc1ccc2c(c1)SC(C#N)C(=N)CO2. The highest BCUT2D eigenvalue weighted by atomic mass is 32.2. The highest BCUT2D eigenvalue weighted by Gasteiger charge is 2.22. The summed E-state index contributed by atoms with van der Waals surface area (Å²) in [5.74, 6) is 1.42. The van der Waals surface area contributed by atoms with E-state index < -0.39 is 5.25 Å². The Labute approximate surface area is 97.7 Å². The smallest absolute Gasteiger partial charge is 0.137 e. The molecule has 16 heavy (non-hydrogen) atoms. The van der Waals surface area contributed by atoms with Gasteiger partial charge >= 0.3 is 0 Å². The topological polar surface area (TPSA) is 66.1 Å². The lowest BCUT2D eigenvalue weighted by Gasteiger charge is -2.07. The molecule has 0 fully saturated rings. The first kappa shape index (κ1) is 10.8. The van der Waals surface area contributed by atoms with Crippen LogP contribution in [0.3, 0.4) is 0 Å². The third kappa shape index (κ3) is 1.97. The average molecular weight is 234 g/mol. The molecule has 1 N–H and O–H groups in total. The van der Waals surface area contributed by atoms with Gasteiger partial charge in [-0.25, -0.2) is 0 Å². The number of hydrogen-bond acceptors (Lipinski definition) is 5. The third-order valence-electron chi connectivity index (χ3n) is 2.21. The molecule has 0 amide bonds. The summed E-state index contributed by atoms with van der Waals surface area (Å²) in [6, 6.07) is 7.51. The van der Waals surface area contributed by atoms with Crippen LogP contribution in [0.15, 0.2) is 23.1 Å². The van der Waals surface area contributed by atoms with Gasteiger partial charge in [-0.15, -0.1) is 0 Å². The zero-order chi connectivity index (χ0) is 11.5. The molecule has 1 heterocycles. The number of methoxy groups -OCH3 is 1. The third-order valence-corrected chi connectivity index (χ3v) is 3.41. The maximum atomic E-state index is 8.94. The van der Waals surface area contributed by atoms with Crippen LogP contribution < -0.4 is 9.47 Å². The second kappa shape index (κ2) is 4.45. The molecular formula is C11H10N2O2S. The van der Waals surface area contributed by atoms with Crippen molar-refractivity contribution in [1.82, 2.24) is 0 Å². The van der Waals surface area contributed by atoms with E-state index in [4.69, 9.17) is 20.1 Å². The van der Waals surface area contributed by atoms with Gasteiger partial charge in [0.1, 0.15) is 23.4 Å². The van der Waals surface area contributed by atoms with Gasteiger partial charge in [-0.2, -0.15) is 5.26 Å². The van der Waals surface area contributed by atoms with E-state index >= 15 is 0 Å². The highest BCUT2D eigenvalue weighted by Crippen LogP contribution is 2.37. The molecule has 82 valence electrons. The fourth-order valence-corrected chi connectivity index (χ4v) is 2.30. The van der Waals surface area contributed by atoms with E-state index in [1.54, 1.807) is 19.2 Å². The molecule has 1 aliphatic heterocycles. The zero-order valence-electron chi connectivity index (χ0n) is 8.69. The van der Waals surface area contributed by atoms with Crippen molar-refractivity contribution in [2.45, 2.75) is 10.1 Å². The van der Waals surface area contributed by atoms with Gasteiger partial charge in [0.15, 0.2) is 0 Å². The molecule has 0 saturated heterocycles. The van der Waals surface area contributed by atoms with E-state index in [1.165, 1.54) is 11.8 Å². The summed E-state index contributed by atoms with van der Waals surface area (Å²) in [7, 11) is 1.59. The second-order valence-electron chi connectivity index (χ2n) is 3.25. The van der Waals surface area contributed by atoms with Crippen LogP contribution in [0, 0.1) is 16.7 Å². The molecule has 1 aromatic carbocycles. The second-order valence-corrected chi connectivity index (χ2v) is 4.40. The maximum Gasteiger partial charge on any atom is 0.137 e. The molecule has 0 spiro atoms. The highest BCUT2D eigenvalue weighted by molar-refractivity contribution is 8.01. The van der Waals surface area contributed by atoms with Gasteiger partial charge in [-0.05, 0) is 18.2 Å². The van der Waals surface area contributed by atoms with Crippen LogP contribution in [-0.4, -0.2) is 24.7 Å². The molecule has 0 radical (unpaired) electrons. The van der Waals surface area contributed by atoms with Crippen molar-refractivity contribution < 1.29 is 9.47 Å². The molecule has 2 rings (SSSR count). The summed E-state index contributed by atoms with van der Waals surface area (Å²) in [5, 5.41) is 16.1. The molecule has 1 atom stereocenters. The van der Waals surface area contributed by atoms with Gasteiger partial charge in [0, 0.05) is 0 Å². The van der Waals surface area contributed by atoms with Crippen molar-refractivity contribution in [2.75, 3.05) is 13.7 Å². The largest absolute Gasteiger partial charge is 0.497 e. The summed E-state index contributed by atoms with van der Waals surface area (Å²) < 4.78 is 10.6. The maximum absolute atomic E-state index is 8.94. The van der Waals surface area contributed by atoms with Crippen LogP contribution in [0.2, 0.25) is 0 Å². The van der Waals surface area contributed by atoms with Gasteiger partial charge in [-0.3, -0.25) is 0 Å². The molecule has 0 aromatic heterocycles. The fraction of sp³-hybridized carbons (Fsp3) is 0.273. The summed E-state index contributed by atoms with van der Waals surface area (Å²) in [4.78, 5) is 0.841. The Hall–Kier alpha value is -1.67. The van der Waals surface area contributed by atoms with Crippen molar-refractivity contribution in [3.8, 4) is 17.6 Å². The van der Waals surface area contributed by atoms with Gasteiger partial charge in [0.05, 0.1) is 23.8 Å². The number of nitrogens with zero attached hydrogens (tertiary/aromatic N) is 1. The molecule has 1 aromatic rings. The standard InChI is InChI=1S/C11H10N2O2S/c1-14-7-2-3-9-10(4-7)16-11(5-12)8(13)6-15-9/h2-4,11,13H,6H2,1H3. The molecule has 0 saturated carbocycles. The number of benzene rings is 1. The number of nitrogens with one attached hydrogen (secondary N) is 1. The lowest BCUT2D eigenvalue weighted by atomic mass is 10.3.